The van der Waals surface area contributed by atoms with Crippen LogP contribution in [0, 0.1) is 0 Å². The lowest BCUT2D eigenvalue weighted by Gasteiger charge is -2.18. The highest BCUT2D eigenvalue weighted by atomic mass is 16.5. The van der Waals surface area contributed by atoms with Crippen LogP contribution in [0.25, 0.3) is 0 Å². The number of hydrogen-bond donors (Lipinski definition) is 5. The molecule has 26 heavy (non-hydrogen) atoms. The summed E-state index contributed by atoms with van der Waals surface area (Å²) in [4.78, 5) is 35.0. The quantitative estimate of drug-likeness (QED) is 0.350. The smallest absolute Gasteiger partial charge is 0.312 e. The summed E-state index contributed by atoms with van der Waals surface area (Å²) in [6, 6.07) is 5.90. The molecule has 6 N–H and O–H groups in total. The molecule has 4 amide bonds. The molecule has 0 heterocycles. The third-order valence-electron chi connectivity index (χ3n) is 3.49. The number of methoxy groups -OCH3 is 1. The fourth-order valence-electron chi connectivity index (χ4n) is 2.27. The van der Waals surface area contributed by atoms with Crippen LogP contribution in [0.1, 0.15) is 18.4 Å². The second-order valence-corrected chi connectivity index (χ2v) is 5.70. The summed E-state index contributed by atoms with van der Waals surface area (Å²) in [6.45, 7) is 0.922. The summed E-state index contributed by atoms with van der Waals surface area (Å²) in [5, 5.41) is 10.7. The van der Waals surface area contributed by atoms with Crippen LogP contribution in [0.5, 0.6) is 0 Å². The fourth-order valence-corrected chi connectivity index (χ4v) is 2.27. The zero-order chi connectivity index (χ0) is 19.4. The molecule has 1 rings (SSSR count). The summed E-state index contributed by atoms with van der Waals surface area (Å²) >= 11 is 0. The molecule has 0 spiro atoms. The van der Waals surface area contributed by atoms with Crippen LogP contribution in [-0.4, -0.2) is 51.1 Å². The van der Waals surface area contributed by atoms with E-state index in [0.29, 0.717) is 31.7 Å². The average molecular weight is 365 g/mol. The highest BCUT2D eigenvalue weighted by Gasteiger charge is 2.20. The molecule has 9 nitrogen and oxygen atoms in total. The van der Waals surface area contributed by atoms with E-state index < -0.39 is 12.1 Å². The van der Waals surface area contributed by atoms with Crippen LogP contribution in [-0.2, 0) is 20.9 Å². The van der Waals surface area contributed by atoms with Crippen LogP contribution in [0.15, 0.2) is 24.3 Å². The average Bonchev–Trinajstić information content (AvgIpc) is 2.59. The zero-order valence-electron chi connectivity index (χ0n) is 15.1. The van der Waals surface area contributed by atoms with E-state index in [4.69, 9.17) is 10.5 Å². The summed E-state index contributed by atoms with van der Waals surface area (Å²) in [5.41, 5.74) is 6.62. The van der Waals surface area contributed by atoms with E-state index in [1.807, 2.05) is 12.1 Å². The number of anilines is 1. The van der Waals surface area contributed by atoms with Gasteiger partial charge in [-0.25, -0.2) is 4.79 Å². The number of primary amides is 1. The Labute approximate surface area is 153 Å². The molecular formula is C17H27N5O4. The van der Waals surface area contributed by atoms with Crippen LogP contribution >= 0.6 is 0 Å². The minimum atomic E-state index is -0.718. The molecule has 0 saturated carbocycles. The van der Waals surface area contributed by atoms with Gasteiger partial charge in [0.25, 0.3) is 0 Å². The van der Waals surface area contributed by atoms with Gasteiger partial charge in [-0.05, 0) is 37.6 Å². The molecule has 9 heteroatoms. The Bertz CT molecular complexity index is 591. The maximum absolute atomic E-state index is 12.5. The SMILES string of the molecule is CNCC(=O)NC(CCCNC(N)=O)C(=O)Nc1ccc(COC)cc1. The zero-order valence-corrected chi connectivity index (χ0v) is 15.1. The number of nitrogens with one attached hydrogen (secondary N) is 4. The van der Waals surface area contributed by atoms with Gasteiger partial charge in [0.2, 0.25) is 11.8 Å². The van der Waals surface area contributed by atoms with Gasteiger partial charge in [0.1, 0.15) is 6.04 Å². The van der Waals surface area contributed by atoms with Crippen molar-refractivity contribution in [2.45, 2.75) is 25.5 Å². The van der Waals surface area contributed by atoms with E-state index in [1.54, 1.807) is 26.3 Å². The number of likely N-dealkylation sites (N-methyl/N-ethyl adjacent to an activating group) is 1. The largest absolute Gasteiger partial charge is 0.380 e. The Morgan fingerprint density at radius 3 is 2.46 bits per heavy atom. The topological polar surface area (TPSA) is 135 Å². The van der Waals surface area contributed by atoms with Crippen molar-refractivity contribution in [3.8, 4) is 0 Å². The molecule has 0 aromatic heterocycles. The van der Waals surface area contributed by atoms with E-state index in [1.165, 1.54) is 0 Å². The molecule has 0 fully saturated rings. The predicted molar refractivity (Wildman–Crippen MR) is 98.5 cm³/mol. The molecule has 0 saturated heterocycles. The van der Waals surface area contributed by atoms with E-state index >= 15 is 0 Å². The Morgan fingerprint density at radius 2 is 1.88 bits per heavy atom. The van der Waals surface area contributed by atoms with Crippen LogP contribution in [0.3, 0.4) is 0 Å². The van der Waals surface area contributed by atoms with Crippen molar-refractivity contribution in [3.05, 3.63) is 29.8 Å². The molecule has 0 aliphatic carbocycles. The van der Waals surface area contributed by atoms with Crippen molar-refractivity contribution in [3.63, 3.8) is 0 Å². The predicted octanol–water partition coefficient (Wildman–Crippen LogP) is -0.0758. The van der Waals surface area contributed by atoms with Gasteiger partial charge in [0.15, 0.2) is 0 Å². The van der Waals surface area contributed by atoms with Gasteiger partial charge < -0.3 is 31.7 Å². The molecule has 0 aliphatic rings. The first-order valence-corrected chi connectivity index (χ1v) is 8.32. The van der Waals surface area contributed by atoms with Gasteiger partial charge in [-0.1, -0.05) is 12.1 Å². The molecule has 0 radical (unpaired) electrons. The lowest BCUT2D eigenvalue weighted by Crippen LogP contribution is -2.46. The Kier molecular flexibility index (Phi) is 9.73. The second-order valence-electron chi connectivity index (χ2n) is 5.70. The van der Waals surface area contributed by atoms with Crippen molar-refractivity contribution in [2.24, 2.45) is 5.73 Å². The number of hydrogen-bond acceptors (Lipinski definition) is 5. The number of benzene rings is 1. The molecule has 1 aromatic carbocycles. The van der Waals surface area contributed by atoms with Crippen molar-refractivity contribution < 1.29 is 19.1 Å². The second kappa shape index (κ2) is 11.8. The number of amides is 4. The first-order chi connectivity index (χ1) is 12.5. The summed E-state index contributed by atoms with van der Waals surface area (Å²) in [6.07, 6.45) is 0.858. The van der Waals surface area contributed by atoms with Crippen molar-refractivity contribution in [2.75, 3.05) is 32.6 Å². The number of nitrogens with two attached hydrogens (primary N) is 1. The minimum absolute atomic E-state index is 0.106. The number of carbonyl (C=O) groups is 3. The van der Waals surface area contributed by atoms with Gasteiger partial charge in [0, 0.05) is 19.3 Å². The van der Waals surface area contributed by atoms with E-state index in [2.05, 4.69) is 21.3 Å². The minimum Gasteiger partial charge on any atom is -0.380 e. The van der Waals surface area contributed by atoms with Gasteiger partial charge in [-0.15, -0.1) is 0 Å². The summed E-state index contributed by atoms with van der Waals surface area (Å²) in [5.74, 6) is -0.612. The highest BCUT2D eigenvalue weighted by Crippen LogP contribution is 2.11. The normalized spacial score (nSPS) is 11.5. The summed E-state index contributed by atoms with van der Waals surface area (Å²) < 4.78 is 5.05. The summed E-state index contributed by atoms with van der Waals surface area (Å²) in [7, 11) is 3.26. The molecule has 1 aromatic rings. The monoisotopic (exact) mass is 365 g/mol. The lowest BCUT2D eigenvalue weighted by atomic mass is 10.1. The van der Waals surface area contributed by atoms with Crippen LogP contribution < -0.4 is 27.0 Å². The van der Waals surface area contributed by atoms with Crippen LogP contribution in [0.4, 0.5) is 10.5 Å². The van der Waals surface area contributed by atoms with Gasteiger partial charge in [-0.2, -0.15) is 0 Å². The molecule has 1 unspecified atom stereocenters. The number of ether oxygens (including phenoxy) is 1. The molecule has 144 valence electrons. The fraction of sp³-hybridized carbons (Fsp3) is 0.471. The Morgan fingerprint density at radius 1 is 1.19 bits per heavy atom. The maximum Gasteiger partial charge on any atom is 0.312 e. The number of carbonyl (C=O) groups excluding carboxylic acids is 3. The standard InChI is InChI=1S/C17H27N5O4/c1-19-10-15(23)22-14(4-3-9-20-17(18)25)16(24)21-13-7-5-12(6-8-13)11-26-2/h5-8,14,19H,3-4,9-11H2,1-2H3,(H,21,24)(H,22,23)(H3,18,20,25). The van der Waals surface area contributed by atoms with E-state index in [0.717, 1.165) is 5.56 Å². The number of rotatable bonds is 11. The molecule has 1 atom stereocenters. The van der Waals surface area contributed by atoms with Crippen molar-refractivity contribution in [1.29, 1.82) is 0 Å². The maximum atomic E-state index is 12.5. The number of urea groups is 1. The third-order valence-corrected chi connectivity index (χ3v) is 3.49. The van der Waals surface area contributed by atoms with Crippen molar-refractivity contribution in [1.82, 2.24) is 16.0 Å². The first-order valence-electron chi connectivity index (χ1n) is 8.32. The van der Waals surface area contributed by atoms with Gasteiger partial charge in [0.05, 0.1) is 13.2 Å². The van der Waals surface area contributed by atoms with Crippen molar-refractivity contribution >= 4 is 23.5 Å². The van der Waals surface area contributed by atoms with Gasteiger partial charge >= 0.3 is 6.03 Å². The molecule has 0 aliphatic heterocycles. The van der Waals surface area contributed by atoms with E-state index in [9.17, 15) is 14.4 Å². The van der Waals surface area contributed by atoms with Gasteiger partial charge in [-0.3, -0.25) is 9.59 Å². The Balaban J connectivity index is 2.65. The molecular weight excluding hydrogens is 338 g/mol. The lowest BCUT2D eigenvalue weighted by molar-refractivity contribution is -0.126. The first kappa shape index (κ1) is 21.4. The third kappa shape index (κ3) is 8.45. The van der Waals surface area contributed by atoms with E-state index in [-0.39, 0.29) is 18.4 Å². The Hall–Kier alpha value is -2.65. The highest BCUT2D eigenvalue weighted by molar-refractivity contribution is 5.97. The van der Waals surface area contributed by atoms with Crippen LogP contribution in [0.2, 0.25) is 0 Å². The molecule has 0 bridgehead atoms.